The molecule has 0 aromatic carbocycles. The molecule has 0 aliphatic rings. The summed E-state index contributed by atoms with van der Waals surface area (Å²) >= 11 is 0. The highest BCUT2D eigenvalue weighted by atomic mass is 16.4. The summed E-state index contributed by atoms with van der Waals surface area (Å²) in [5, 5.41) is 18.4. The van der Waals surface area contributed by atoms with Gasteiger partial charge in [0.2, 0.25) is 0 Å². The van der Waals surface area contributed by atoms with Gasteiger partial charge in [-0.3, -0.25) is 9.59 Å². The van der Waals surface area contributed by atoms with E-state index in [0.717, 1.165) is 32.1 Å². The van der Waals surface area contributed by atoms with E-state index < -0.39 is 11.9 Å². The van der Waals surface area contributed by atoms with Gasteiger partial charge < -0.3 is 10.2 Å². The molecule has 0 aliphatic carbocycles. The average molecular weight is 385 g/mol. The number of unbranched alkanes of at least 4 members (excludes halogenated alkanes) is 8. The van der Waals surface area contributed by atoms with Crippen molar-refractivity contribution >= 4 is 11.9 Å². The number of hydrogen-bond acceptors (Lipinski definition) is 2. The maximum atomic E-state index is 11.9. The van der Waals surface area contributed by atoms with Gasteiger partial charge in [0.25, 0.3) is 0 Å². The molecule has 0 saturated carbocycles. The molecule has 4 nitrogen and oxygen atoms in total. The topological polar surface area (TPSA) is 74.6 Å². The fourth-order valence-electron chi connectivity index (χ4n) is 4.12. The SMILES string of the molecule is CC(C)(C)C(CCCCCCCCCCCC(=O)O)C(C(=O)O)C(C)(C)C. The maximum Gasteiger partial charge on any atom is 0.307 e. The molecular weight excluding hydrogens is 340 g/mol. The van der Waals surface area contributed by atoms with Crippen LogP contribution in [0.15, 0.2) is 0 Å². The van der Waals surface area contributed by atoms with Gasteiger partial charge in [0, 0.05) is 6.42 Å². The minimum absolute atomic E-state index is 0.00765. The molecule has 0 fully saturated rings. The molecular formula is C23H44O4. The van der Waals surface area contributed by atoms with Gasteiger partial charge in [-0.2, -0.15) is 0 Å². The number of carboxylic acids is 2. The van der Waals surface area contributed by atoms with Crippen molar-refractivity contribution in [2.24, 2.45) is 22.7 Å². The van der Waals surface area contributed by atoms with Crippen LogP contribution < -0.4 is 0 Å². The van der Waals surface area contributed by atoms with Crippen LogP contribution in [-0.2, 0) is 9.59 Å². The Morgan fingerprint density at radius 3 is 1.41 bits per heavy atom. The first-order valence-corrected chi connectivity index (χ1v) is 10.8. The van der Waals surface area contributed by atoms with Gasteiger partial charge in [0.05, 0.1) is 5.92 Å². The Hall–Kier alpha value is -1.06. The first-order valence-electron chi connectivity index (χ1n) is 10.8. The van der Waals surface area contributed by atoms with Gasteiger partial charge in [-0.1, -0.05) is 92.9 Å². The minimum atomic E-state index is -0.694. The van der Waals surface area contributed by atoms with E-state index in [1.165, 1.54) is 32.1 Å². The summed E-state index contributed by atoms with van der Waals surface area (Å²) in [6, 6.07) is 0. The van der Waals surface area contributed by atoms with Gasteiger partial charge in [-0.15, -0.1) is 0 Å². The summed E-state index contributed by atoms with van der Waals surface area (Å²) in [6.07, 6.45) is 11.3. The van der Waals surface area contributed by atoms with Crippen LogP contribution in [0.3, 0.4) is 0 Å². The van der Waals surface area contributed by atoms with Crippen molar-refractivity contribution in [1.29, 1.82) is 0 Å². The van der Waals surface area contributed by atoms with Crippen molar-refractivity contribution in [2.75, 3.05) is 0 Å². The summed E-state index contributed by atoms with van der Waals surface area (Å²) in [4.78, 5) is 22.4. The molecule has 0 amide bonds. The highest BCUT2D eigenvalue weighted by Crippen LogP contribution is 2.44. The molecule has 0 heterocycles. The van der Waals surface area contributed by atoms with Crippen molar-refractivity contribution in [3.63, 3.8) is 0 Å². The van der Waals surface area contributed by atoms with Gasteiger partial charge in [-0.05, 0) is 29.6 Å². The standard InChI is InChI=1S/C23H44O4/c1-22(2,3)18(20(21(26)27)23(4,5)6)16-14-12-10-8-7-9-11-13-15-17-19(24)25/h18,20H,7-17H2,1-6H3,(H,24,25)(H,26,27). The molecule has 2 atom stereocenters. The molecule has 0 saturated heterocycles. The fraction of sp³-hybridized carbons (Fsp3) is 0.913. The molecule has 0 spiro atoms. The molecule has 0 aromatic rings. The lowest BCUT2D eigenvalue weighted by Crippen LogP contribution is -2.41. The van der Waals surface area contributed by atoms with E-state index in [1.54, 1.807) is 0 Å². The predicted molar refractivity (Wildman–Crippen MR) is 112 cm³/mol. The molecule has 0 rings (SSSR count). The first kappa shape index (κ1) is 25.9. The number of carbonyl (C=O) groups is 2. The number of carboxylic acid groups (broad SMARTS) is 2. The summed E-state index contributed by atoms with van der Waals surface area (Å²) in [5.74, 6) is -1.49. The summed E-state index contributed by atoms with van der Waals surface area (Å²) in [6.45, 7) is 12.6. The molecule has 0 bridgehead atoms. The zero-order chi connectivity index (χ0) is 21.1. The number of hydrogen-bond donors (Lipinski definition) is 2. The maximum absolute atomic E-state index is 11.9. The average Bonchev–Trinajstić information content (AvgIpc) is 2.48. The zero-order valence-electron chi connectivity index (χ0n) is 18.6. The van der Waals surface area contributed by atoms with Crippen LogP contribution in [0.5, 0.6) is 0 Å². The van der Waals surface area contributed by atoms with Gasteiger partial charge >= 0.3 is 11.9 Å². The largest absolute Gasteiger partial charge is 0.481 e. The van der Waals surface area contributed by atoms with Gasteiger partial charge in [-0.25, -0.2) is 0 Å². The van der Waals surface area contributed by atoms with Gasteiger partial charge in [0.1, 0.15) is 0 Å². The highest BCUT2D eigenvalue weighted by Gasteiger charge is 2.42. The van der Waals surface area contributed by atoms with E-state index in [2.05, 4.69) is 20.8 Å². The Labute approximate surface area is 167 Å². The molecule has 160 valence electrons. The van der Waals surface area contributed by atoms with Crippen molar-refractivity contribution < 1.29 is 19.8 Å². The van der Waals surface area contributed by atoms with Crippen LogP contribution in [0.2, 0.25) is 0 Å². The highest BCUT2D eigenvalue weighted by molar-refractivity contribution is 5.71. The minimum Gasteiger partial charge on any atom is -0.481 e. The lowest BCUT2D eigenvalue weighted by molar-refractivity contribution is -0.151. The second-order valence-corrected chi connectivity index (χ2v) is 10.3. The van der Waals surface area contributed by atoms with Crippen LogP contribution in [0.4, 0.5) is 0 Å². The Morgan fingerprint density at radius 2 is 1.07 bits per heavy atom. The van der Waals surface area contributed by atoms with Crippen molar-refractivity contribution in [2.45, 2.75) is 112 Å². The van der Waals surface area contributed by atoms with E-state index in [0.29, 0.717) is 6.42 Å². The lowest BCUT2D eigenvalue weighted by atomic mass is 9.62. The second kappa shape index (κ2) is 12.4. The third-order valence-electron chi connectivity index (χ3n) is 5.62. The Kier molecular flexibility index (Phi) is 11.9. The normalized spacial score (nSPS) is 14.7. The fourth-order valence-corrected chi connectivity index (χ4v) is 4.12. The van der Waals surface area contributed by atoms with Crippen molar-refractivity contribution in [1.82, 2.24) is 0 Å². The van der Waals surface area contributed by atoms with Crippen LogP contribution in [-0.4, -0.2) is 22.2 Å². The second-order valence-electron chi connectivity index (χ2n) is 10.3. The van der Waals surface area contributed by atoms with E-state index >= 15 is 0 Å². The summed E-state index contributed by atoms with van der Waals surface area (Å²) in [5.41, 5.74) is -0.239. The summed E-state index contributed by atoms with van der Waals surface area (Å²) < 4.78 is 0. The Morgan fingerprint density at radius 1 is 0.667 bits per heavy atom. The molecule has 4 heteroatoms. The molecule has 27 heavy (non-hydrogen) atoms. The molecule has 2 N–H and O–H groups in total. The molecule has 0 radical (unpaired) electrons. The molecule has 0 aliphatic heterocycles. The molecule has 2 unspecified atom stereocenters. The van der Waals surface area contributed by atoms with E-state index in [9.17, 15) is 14.7 Å². The lowest BCUT2D eigenvalue weighted by Gasteiger charge is -2.41. The summed E-state index contributed by atoms with van der Waals surface area (Å²) in [7, 11) is 0. The Bertz CT molecular complexity index is 429. The molecule has 0 aromatic heterocycles. The van der Waals surface area contributed by atoms with Crippen LogP contribution in [0.1, 0.15) is 112 Å². The van der Waals surface area contributed by atoms with Gasteiger partial charge in [0.15, 0.2) is 0 Å². The van der Waals surface area contributed by atoms with E-state index in [-0.39, 0.29) is 22.7 Å². The van der Waals surface area contributed by atoms with E-state index in [4.69, 9.17) is 5.11 Å². The van der Waals surface area contributed by atoms with Crippen molar-refractivity contribution in [3.8, 4) is 0 Å². The zero-order valence-corrected chi connectivity index (χ0v) is 18.6. The number of rotatable bonds is 14. The smallest absolute Gasteiger partial charge is 0.307 e. The monoisotopic (exact) mass is 384 g/mol. The van der Waals surface area contributed by atoms with E-state index in [1.807, 2.05) is 20.8 Å². The number of aliphatic carboxylic acids is 2. The predicted octanol–water partition coefficient (Wildman–Crippen LogP) is 6.77. The van der Waals surface area contributed by atoms with Crippen LogP contribution in [0.25, 0.3) is 0 Å². The Balaban J connectivity index is 4.13. The van der Waals surface area contributed by atoms with Crippen molar-refractivity contribution in [3.05, 3.63) is 0 Å². The third-order valence-corrected chi connectivity index (χ3v) is 5.62. The van der Waals surface area contributed by atoms with Crippen LogP contribution in [0, 0.1) is 22.7 Å². The van der Waals surface area contributed by atoms with Crippen LogP contribution >= 0.6 is 0 Å². The first-order chi connectivity index (χ1) is 12.4. The third kappa shape index (κ3) is 12.1. The quantitative estimate of drug-likeness (QED) is 0.324.